The van der Waals surface area contributed by atoms with Crippen molar-refractivity contribution in [3.05, 3.63) is 28.2 Å². The van der Waals surface area contributed by atoms with E-state index in [9.17, 15) is 9.59 Å². The molecule has 0 saturated carbocycles. The van der Waals surface area contributed by atoms with E-state index in [1.54, 1.807) is 13.2 Å². The number of rotatable bonds is 7. The molecule has 19 heavy (non-hydrogen) atoms. The van der Waals surface area contributed by atoms with Crippen molar-refractivity contribution < 1.29 is 19.4 Å². The fourth-order valence-corrected chi connectivity index (χ4v) is 2.06. The average molecular weight is 330 g/mol. The lowest BCUT2D eigenvalue weighted by Crippen LogP contribution is -2.13. The Morgan fingerprint density at radius 1 is 1.37 bits per heavy atom. The van der Waals surface area contributed by atoms with Gasteiger partial charge in [0.2, 0.25) is 5.91 Å². The molecule has 0 aliphatic rings. The van der Waals surface area contributed by atoms with E-state index in [0.717, 1.165) is 10.0 Å². The van der Waals surface area contributed by atoms with Gasteiger partial charge in [0.1, 0.15) is 0 Å². The van der Waals surface area contributed by atoms with Crippen LogP contribution in [0.1, 0.15) is 24.8 Å². The van der Waals surface area contributed by atoms with Crippen LogP contribution in [-0.2, 0) is 20.9 Å². The number of amides is 1. The molecule has 1 aromatic rings. The maximum atomic E-state index is 11.7. The SMILES string of the molecule is COCc1c(Br)cccc1NC(=O)CCCC(=O)O. The number of carbonyl (C=O) groups is 2. The summed E-state index contributed by atoms with van der Waals surface area (Å²) in [6.07, 6.45) is 0.511. The predicted octanol–water partition coefficient (Wildman–Crippen LogP) is 2.79. The summed E-state index contributed by atoms with van der Waals surface area (Å²) in [4.78, 5) is 22.1. The van der Waals surface area contributed by atoms with Gasteiger partial charge in [-0.3, -0.25) is 9.59 Å². The second kappa shape index (κ2) is 7.91. The second-order valence-corrected chi connectivity index (χ2v) is 4.85. The normalized spacial score (nSPS) is 10.2. The van der Waals surface area contributed by atoms with E-state index in [1.165, 1.54) is 0 Å². The minimum Gasteiger partial charge on any atom is -0.481 e. The molecular weight excluding hydrogens is 314 g/mol. The molecular formula is C13H16BrNO4. The average Bonchev–Trinajstić information content (AvgIpc) is 2.33. The van der Waals surface area contributed by atoms with Crippen LogP contribution in [-0.4, -0.2) is 24.1 Å². The number of aliphatic carboxylic acids is 1. The number of carboxylic acids is 1. The summed E-state index contributed by atoms with van der Waals surface area (Å²) in [6, 6.07) is 5.47. The summed E-state index contributed by atoms with van der Waals surface area (Å²) in [5.74, 6) is -1.09. The predicted molar refractivity (Wildman–Crippen MR) is 75.0 cm³/mol. The molecule has 2 N–H and O–H groups in total. The summed E-state index contributed by atoms with van der Waals surface area (Å²) in [7, 11) is 1.58. The minimum absolute atomic E-state index is 0.00314. The maximum Gasteiger partial charge on any atom is 0.303 e. The Morgan fingerprint density at radius 3 is 2.74 bits per heavy atom. The molecule has 0 spiro atoms. The lowest BCUT2D eigenvalue weighted by molar-refractivity contribution is -0.137. The summed E-state index contributed by atoms with van der Waals surface area (Å²) < 4.78 is 5.94. The molecule has 0 aromatic heterocycles. The monoisotopic (exact) mass is 329 g/mol. The zero-order valence-electron chi connectivity index (χ0n) is 10.6. The number of carboxylic acid groups (broad SMARTS) is 1. The van der Waals surface area contributed by atoms with Crippen LogP contribution < -0.4 is 5.32 Å². The van der Waals surface area contributed by atoms with Gasteiger partial charge in [-0.25, -0.2) is 0 Å². The van der Waals surface area contributed by atoms with Crippen molar-refractivity contribution in [3.8, 4) is 0 Å². The summed E-state index contributed by atoms with van der Waals surface area (Å²) >= 11 is 3.40. The van der Waals surface area contributed by atoms with Gasteiger partial charge in [0.25, 0.3) is 0 Å². The Labute approximate surface area is 120 Å². The quantitative estimate of drug-likeness (QED) is 0.806. The number of methoxy groups -OCH3 is 1. The molecule has 0 aliphatic heterocycles. The van der Waals surface area contributed by atoms with E-state index in [4.69, 9.17) is 9.84 Å². The van der Waals surface area contributed by atoms with Crippen molar-refractivity contribution in [3.63, 3.8) is 0 Å². The number of benzene rings is 1. The zero-order chi connectivity index (χ0) is 14.3. The van der Waals surface area contributed by atoms with Gasteiger partial charge >= 0.3 is 5.97 Å². The highest BCUT2D eigenvalue weighted by Gasteiger charge is 2.10. The first-order valence-electron chi connectivity index (χ1n) is 5.82. The van der Waals surface area contributed by atoms with Gasteiger partial charge in [0.15, 0.2) is 0 Å². The molecule has 0 atom stereocenters. The molecule has 5 nitrogen and oxygen atoms in total. The van der Waals surface area contributed by atoms with Gasteiger partial charge in [-0.1, -0.05) is 22.0 Å². The standard InChI is InChI=1S/C13H16BrNO4/c1-19-8-9-10(14)4-2-5-11(9)15-12(16)6-3-7-13(17)18/h2,4-5H,3,6-8H2,1H3,(H,15,16)(H,17,18). The Balaban J connectivity index is 2.63. The van der Waals surface area contributed by atoms with Crippen molar-refractivity contribution >= 4 is 33.5 Å². The van der Waals surface area contributed by atoms with E-state index in [0.29, 0.717) is 18.7 Å². The molecule has 1 rings (SSSR count). The number of carbonyl (C=O) groups excluding carboxylic acids is 1. The van der Waals surface area contributed by atoms with Gasteiger partial charge in [-0.15, -0.1) is 0 Å². The van der Waals surface area contributed by atoms with Gasteiger partial charge in [0, 0.05) is 35.7 Å². The minimum atomic E-state index is -0.893. The summed E-state index contributed by atoms with van der Waals surface area (Å²) in [6.45, 7) is 0.381. The highest BCUT2D eigenvalue weighted by atomic mass is 79.9. The maximum absolute atomic E-state index is 11.7. The molecule has 0 fully saturated rings. The lowest BCUT2D eigenvalue weighted by atomic mass is 10.1. The number of ether oxygens (including phenoxy) is 1. The van der Waals surface area contributed by atoms with Crippen molar-refractivity contribution in [1.82, 2.24) is 0 Å². The molecule has 0 saturated heterocycles. The largest absolute Gasteiger partial charge is 0.481 e. The fourth-order valence-electron chi connectivity index (χ4n) is 1.58. The van der Waals surface area contributed by atoms with E-state index in [1.807, 2.05) is 12.1 Å². The summed E-state index contributed by atoms with van der Waals surface area (Å²) in [5, 5.41) is 11.3. The van der Waals surface area contributed by atoms with E-state index < -0.39 is 5.97 Å². The Hall–Kier alpha value is -1.40. The fraction of sp³-hybridized carbons (Fsp3) is 0.385. The van der Waals surface area contributed by atoms with Crippen LogP contribution in [0.15, 0.2) is 22.7 Å². The topological polar surface area (TPSA) is 75.6 Å². The molecule has 0 unspecified atom stereocenters. The van der Waals surface area contributed by atoms with Crippen LogP contribution in [0.3, 0.4) is 0 Å². The van der Waals surface area contributed by atoms with Crippen LogP contribution in [0.4, 0.5) is 5.69 Å². The summed E-state index contributed by atoms with van der Waals surface area (Å²) in [5.41, 5.74) is 1.54. The van der Waals surface area contributed by atoms with Crippen LogP contribution >= 0.6 is 15.9 Å². The van der Waals surface area contributed by atoms with Crippen LogP contribution in [0.2, 0.25) is 0 Å². The van der Waals surface area contributed by atoms with E-state index >= 15 is 0 Å². The second-order valence-electron chi connectivity index (χ2n) is 3.99. The van der Waals surface area contributed by atoms with Gasteiger partial charge in [-0.2, -0.15) is 0 Å². The Kier molecular flexibility index (Phi) is 6.52. The van der Waals surface area contributed by atoms with E-state index in [2.05, 4.69) is 21.2 Å². The third-order valence-electron chi connectivity index (χ3n) is 2.48. The zero-order valence-corrected chi connectivity index (χ0v) is 12.2. The third kappa shape index (κ3) is 5.40. The number of hydrogen-bond donors (Lipinski definition) is 2. The van der Waals surface area contributed by atoms with Crippen molar-refractivity contribution in [1.29, 1.82) is 0 Å². The highest BCUT2D eigenvalue weighted by Crippen LogP contribution is 2.25. The van der Waals surface area contributed by atoms with Crippen molar-refractivity contribution in [2.24, 2.45) is 0 Å². The van der Waals surface area contributed by atoms with Gasteiger partial charge in [0.05, 0.1) is 6.61 Å². The lowest BCUT2D eigenvalue weighted by Gasteiger charge is -2.12. The molecule has 0 heterocycles. The molecule has 0 aliphatic carbocycles. The number of anilines is 1. The van der Waals surface area contributed by atoms with E-state index in [-0.39, 0.29) is 18.7 Å². The van der Waals surface area contributed by atoms with Crippen molar-refractivity contribution in [2.75, 3.05) is 12.4 Å². The number of halogens is 1. The Bertz CT molecular complexity index is 462. The first kappa shape index (κ1) is 15.7. The highest BCUT2D eigenvalue weighted by molar-refractivity contribution is 9.10. The van der Waals surface area contributed by atoms with Gasteiger partial charge < -0.3 is 15.2 Å². The smallest absolute Gasteiger partial charge is 0.303 e. The van der Waals surface area contributed by atoms with Crippen LogP contribution in [0.25, 0.3) is 0 Å². The molecule has 1 amide bonds. The third-order valence-corrected chi connectivity index (χ3v) is 3.22. The van der Waals surface area contributed by atoms with Crippen LogP contribution in [0.5, 0.6) is 0 Å². The Morgan fingerprint density at radius 2 is 2.11 bits per heavy atom. The molecule has 6 heteroatoms. The van der Waals surface area contributed by atoms with Crippen LogP contribution in [0, 0.1) is 0 Å². The number of hydrogen-bond acceptors (Lipinski definition) is 3. The molecule has 0 bridgehead atoms. The molecule has 0 radical (unpaired) electrons. The number of nitrogens with one attached hydrogen (secondary N) is 1. The first-order chi connectivity index (χ1) is 9.04. The van der Waals surface area contributed by atoms with Gasteiger partial charge in [-0.05, 0) is 18.6 Å². The molecule has 1 aromatic carbocycles. The van der Waals surface area contributed by atoms with Crippen molar-refractivity contribution in [2.45, 2.75) is 25.9 Å². The molecule has 104 valence electrons. The first-order valence-corrected chi connectivity index (χ1v) is 6.62.